The molecule has 0 radical (unpaired) electrons. The minimum atomic E-state index is -0.649. The second-order valence-corrected chi connectivity index (χ2v) is 6.53. The van der Waals surface area contributed by atoms with Gasteiger partial charge in [0.2, 0.25) is 0 Å². The number of hydroxylamine groups is 2. The van der Waals surface area contributed by atoms with E-state index in [1.54, 1.807) is 0 Å². The number of fused-ring (bicyclic) bond motifs is 6. The van der Waals surface area contributed by atoms with Crippen LogP contribution >= 0.6 is 0 Å². The fraction of sp³-hybridized carbons (Fsp3) is 1.00. The monoisotopic (exact) mass is 301 g/mol. The number of nitrogens with zero attached hydrogens (tertiary/aromatic N) is 1. The van der Waals surface area contributed by atoms with Crippen LogP contribution in [-0.4, -0.2) is 67.5 Å². The van der Waals surface area contributed by atoms with Gasteiger partial charge in [-0.25, -0.2) is 0 Å². The first kappa shape index (κ1) is 14.3. The quantitative estimate of drug-likeness (QED) is 0.741. The summed E-state index contributed by atoms with van der Waals surface area (Å²) in [5.41, 5.74) is -0.439. The van der Waals surface area contributed by atoms with Crippen LogP contribution in [-0.2, 0) is 28.5 Å². The molecule has 7 nitrogen and oxygen atoms in total. The fourth-order valence-electron chi connectivity index (χ4n) is 4.03. The Morgan fingerprint density at radius 1 is 1.29 bits per heavy atom. The largest absolute Gasteiger partial charge is 0.351 e. The summed E-state index contributed by atoms with van der Waals surface area (Å²) in [4.78, 5) is 5.86. The maximum absolute atomic E-state index is 6.21. The average Bonchev–Trinajstić information content (AvgIpc) is 3.04. The number of hydrogen-bond donors (Lipinski definition) is 0. The Labute approximate surface area is 124 Å². The van der Waals surface area contributed by atoms with Crippen molar-refractivity contribution in [1.82, 2.24) is 5.06 Å². The summed E-state index contributed by atoms with van der Waals surface area (Å²) in [7, 11) is 1.91. The number of likely N-dealkylation sites (N-methyl/N-ethyl adjacent to an activating group) is 1. The normalized spacial score (nSPS) is 51.7. The van der Waals surface area contributed by atoms with Crippen molar-refractivity contribution in [3.8, 4) is 0 Å². The van der Waals surface area contributed by atoms with Crippen LogP contribution in [0.25, 0.3) is 0 Å². The van der Waals surface area contributed by atoms with E-state index in [-0.39, 0.29) is 30.9 Å². The molecule has 21 heavy (non-hydrogen) atoms. The molecule has 0 N–H and O–H groups in total. The molecule has 4 aliphatic heterocycles. The molecule has 4 fully saturated rings. The fourth-order valence-corrected chi connectivity index (χ4v) is 4.03. The van der Waals surface area contributed by atoms with Crippen LogP contribution in [0.1, 0.15) is 27.2 Å². The van der Waals surface area contributed by atoms with Gasteiger partial charge in [-0.15, -0.1) is 0 Å². The van der Waals surface area contributed by atoms with Gasteiger partial charge in [-0.3, -0.25) is 4.84 Å². The zero-order valence-corrected chi connectivity index (χ0v) is 12.9. The molecular weight excluding hydrogens is 278 g/mol. The molecule has 4 saturated heterocycles. The van der Waals surface area contributed by atoms with Crippen LogP contribution in [0, 0.1) is 0 Å². The molecule has 0 aromatic carbocycles. The van der Waals surface area contributed by atoms with Crippen LogP contribution < -0.4 is 0 Å². The standard InChI is InChI=1S/C14H23NO6/c1-5-16-9-6-14(15(4)21-9)8-7-17-12(18-8)10-11(14)20-13(2,3)19-10/h8-12H,5-7H2,1-4H3/t8-,9+,10-,11+,12+,14+/m0/s1. The van der Waals surface area contributed by atoms with Crippen molar-refractivity contribution in [2.24, 2.45) is 0 Å². The van der Waals surface area contributed by atoms with Gasteiger partial charge in [-0.1, -0.05) is 0 Å². The molecule has 0 aliphatic carbocycles. The molecule has 4 aliphatic rings. The number of rotatable bonds is 2. The van der Waals surface area contributed by atoms with Gasteiger partial charge >= 0.3 is 0 Å². The van der Waals surface area contributed by atoms with Crippen molar-refractivity contribution in [3.63, 3.8) is 0 Å². The van der Waals surface area contributed by atoms with E-state index in [1.165, 1.54) is 0 Å². The van der Waals surface area contributed by atoms with Crippen LogP contribution in [0.2, 0.25) is 0 Å². The van der Waals surface area contributed by atoms with E-state index in [2.05, 4.69) is 0 Å². The Morgan fingerprint density at radius 2 is 2.10 bits per heavy atom. The predicted molar refractivity (Wildman–Crippen MR) is 70.0 cm³/mol. The second kappa shape index (κ2) is 4.61. The lowest BCUT2D eigenvalue weighted by atomic mass is 9.79. The van der Waals surface area contributed by atoms with E-state index in [0.717, 1.165) is 0 Å². The highest BCUT2D eigenvalue weighted by Crippen LogP contribution is 2.52. The first-order valence-electron chi connectivity index (χ1n) is 7.61. The van der Waals surface area contributed by atoms with Gasteiger partial charge in [0.15, 0.2) is 18.4 Å². The topological polar surface area (TPSA) is 58.6 Å². The molecule has 6 atom stereocenters. The zero-order chi connectivity index (χ0) is 14.8. The van der Waals surface area contributed by atoms with Crippen molar-refractivity contribution in [3.05, 3.63) is 0 Å². The Balaban J connectivity index is 1.69. The van der Waals surface area contributed by atoms with Gasteiger partial charge in [-0.05, 0) is 20.8 Å². The van der Waals surface area contributed by atoms with Crippen molar-refractivity contribution in [1.29, 1.82) is 0 Å². The summed E-state index contributed by atoms with van der Waals surface area (Å²) in [6, 6.07) is 0. The zero-order valence-electron chi connectivity index (χ0n) is 12.9. The van der Waals surface area contributed by atoms with Crippen LogP contribution in [0.4, 0.5) is 0 Å². The minimum Gasteiger partial charge on any atom is -0.351 e. The molecule has 4 rings (SSSR count). The van der Waals surface area contributed by atoms with Gasteiger partial charge in [0.05, 0.1) is 6.61 Å². The Bertz CT molecular complexity index is 432. The van der Waals surface area contributed by atoms with Crippen molar-refractivity contribution >= 4 is 0 Å². The number of ether oxygens (including phenoxy) is 5. The lowest BCUT2D eigenvalue weighted by Crippen LogP contribution is -2.66. The van der Waals surface area contributed by atoms with Crippen LogP contribution in [0.5, 0.6) is 0 Å². The van der Waals surface area contributed by atoms with E-state index in [4.69, 9.17) is 28.5 Å². The highest BCUT2D eigenvalue weighted by molar-refractivity contribution is 5.14. The molecule has 0 aromatic heterocycles. The minimum absolute atomic E-state index is 0.100. The third-order valence-corrected chi connectivity index (χ3v) is 4.87. The van der Waals surface area contributed by atoms with E-state index in [0.29, 0.717) is 19.6 Å². The van der Waals surface area contributed by atoms with E-state index < -0.39 is 11.3 Å². The number of hydrogen-bond acceptors (Lipinski definition) is 7. The van der Waals surface area contributed by atoms with Gasteiger partial charge in [-0.2, -0.15) is 5.06 Å². The molecule has 0 unspecified atom stereocenters. The molecule has 120 valence electrons. The van der Waals surface area contributed by atoms with Gasteiger partial charge in [0.25, 0.3) is 0 Å². The molecule has 0 aromatic rings. The maximum atomic E-state index is 6.21. The summed E-state index contributed by atoms with van der Waals surface area (Å²) in [6.07, 6.45) is -0.463. The summed E-state index contributed by atoms with van der Waals surface area (Å²) in [5, 5.41) is 1.84. The Kier molecular flexibility index (Phi) is 3.14. The molecule has 4 heterocycles. The average molecular weight is 301 g/mol. The molecule has 2 bridgehead atoms. The third kappa shape index (κ3) is 1.92. The first-order chi connectivity index (χ1) is 9.96. The smallest absolute Gasteiger partial charge is 0.187 e. The van der Waals surface area contributed by atoms with Crippen molar-refractivity contribution < 1.29 is 28.5 Å². The van der Waals surface area contributed by atoms with Crippen LogP contribution in [0.15, 0.2) is 0 Å². The maximum Gasteiger partial charge on any atom is 0.187 e. The highest BCUT2D eigenvalue weighted by Gasteiger charge is 2.70. The summed E-state index contributed by atoms with van der Waals surface area (Å²) < 4.78 is 29.7. The summed E-state index contributed by atoms with van der Waals surface area (Å²) in [6.45, 7) is 6.93. The molecule has 1 spiro atoms. The van der Waals surface area contributed by atoms with Gasteiger partial charge in [0.1, 0.15) is 23.9 Å². The Hall–Kier alpha value is -0.280. The molecule has 0 saturated carbocycles. The van der Waals surface area contributed by atoms with Crippen molar-refractivity contribution in [2.75, 3.05) is 20.3 Å². The van der Waals surface area contributed by atoms with Gasteiger partial charge in [0, 0.05) is 20.1 Å². The lowest BCUT2D eigenvalue weighted by molar-refractivity contribution is -0.278. The van der Waals surface area contributed by atoms with E-state index in [9.17, 15) is 0 Å². The third-order valence-electron chi connectivity index (χ3n) is 4.87. The molecule has 7 heteroatoms. The lowest BCUT2D eigenvalue weighted by Gasteiger charge is -2.46. The Morgan fingerprint density at radius 3 is 2.86 bits per heavy atom. The SMILES string of the molecule is CCO[C@H]1C[C@]2([C@@H]3CO[C@H](O3)[C@H]3OC(C)(C)O[C@H]32)N(C)O1. The summed E-state index contributed by atoms with van der Waals surface area (Å²) >= 11 is 0. The summed E-state index contributed by atoms with van der Waals surface area (Å²) in [5.74, 6) is -0.649. The predicted octanol–water partition coefficient (Wildman–Crippen LogP) is 0.630. The molecule has 0 amide bonds. The highest BCUT2D eigenvalue weighted by atomic mass is 16.8. The van der Waals surface area contributed by atoms with Crippen molar-refractivity contribution in [2.45, 2.75) is 69.4 Å². The van der Waals surface area contributed by atoms with E-state index >= 15 is 0 Å². The molecular formula is C14H23NO6. The second-order valence-electron chi connectivity index (χ2n) is 6.53. The van der Waals surface area contributed by atoms with E-state index in [1.807, 2.05) is 32.9 Å². The first-order valence-corrected chi connectivity index (χ1v) is 7.61. The van der Waals surface area contributed by atoms with Crippen LogP contribution in [0.3, 0.4) is 0 Å². The van der Waals surface area contributed by atoms with Gasteiger partial charge < -0.3 is 23.7 Å².